The topological polar surface area (TPSA) is 92.0 Å². The molecule has 0 radical (unpaired) electrons. The summed E-state index contributed by atoms with van der Waals surface area (Å²) in [4.78, 5) is 36.9. The van der Waals surface area contributed by atoms with E-state index in [1.807, 2.05) is 0 Å². The monoisotopic (exact) mass is 464 g/mol. The molecule has 0 spiro atoms. The van der Waals surface area contributed by atoms with Gasteiger partial charge in [0.15, 0.2) is 0 Å². The van der Waals surface area contributed by atoms with Gasteiger partial charge in [0.2, 0.25) is 11.2 Å². The fourth-order valence-corrected chi connectivity index (χ4v) is 3.23. The molecular formula is C25H17ClO7. The van der Waals surface area contributed by atoms with Crippen molar-refractivity contribution in [2.45, 2.75) is 6.92 Å². The van der Waals surface area contributed by atoms with Crippen molar-refractivity contribution in [2.24, 2.45) is 0 Å². The van der Waals surface area contributed by atoms with Crippen molar-refractivity contribution in [1.82, 2.24) is 0 Å². The van der Waals surface area contributed by atoms with Gasteiger partial charge in [-0.05, 0) is 55.5 Å². The fourth-order valence-electron chi connectivity index (χ4n) is 3.01. The number of hydrogen-bond acceptors (Lipinski definition) is 7. The summed E-state index contributed by atoms with van der Waals surface area (Å²) in [6.45, 7) is 2.00. The van der Waals surface area contributed by atoms with Crippen molar-refractivity contribution >= 4 is 34.5 Å². The summed E-state index contributed by atoms with van der Waals surface area (Å²) in [7, 11) is 0. The highest BCUT2D eigenvalue weighted by Crippen LogP contribution is 2.25. The molecule has 0 unspecified atom stereocenters. The van der Waals surface area contributed by atoms with Crippen LogP contribution in [0.15, 0.2) is 82.2 Å². The molecule has 1 heterocycles. The third kappa shape index (κ3) is 4.88. The summed E-state index contributed by atoms with van der Waals surface area (Å²) >= 11 is 6.03. The third-order valence-corrected chi connectivity index (χ3v) is 4.94. The molecule has 0 amide bonds. The number of benzene rings is 3. The van der Waals surface area contributed by atoms with Crippen LogP contribution < -0.4 is 14.9 Å². The Morgan fingerprint density at radius 3 is 2.39 bits per heavy atom. The van der Waals surface area contributed by atoms with E-state index in [4.69, 9.17) is 30.2 Å². The van der Waals surface area contributed by atoms with E-state index in [0.29, 0.717) is 11.3 Å². The maximum absolute atomic E-state index is 12.8. The van der Waals surface area contributed by atoms with E-state index in [9.17, 15) is 14.4 Å². The van der Waals surface area contributed by atoms with Crippen molar-refractivity contribution in [1.29, 1.82) is 0 Å². The first-order valence-electron chi connectivity index (χ1n) is 9.93. The lowest BCUT2D eigenvalue weighted by Crippen LogP contribution is -2.09. The first-order chi connectivity index (χ1) is 16.0. The number of hydrogen-bond donors (Lipinski definition) is 0. The average Bonchev–Trinajstić information content (AvgIpc) is 2.82. The second kappa shape index (κ2) is 9.58. The van der Waals surface area contributed by atoms with Gasteiger partial charge < -0.3 is 18.6 Å². The van der Waals surface area contributed by atoms with Gasteiger partial charge in [0.25, 0.3) is 0 Å². The normalized spacial score (nSPS) is 10.6. The van der Waals surface area contributed by atoms with Gasteiger partial charge in [-0.1, -0.05) is 23.7 Å². The highest BCUT2D eigenvalue weighted by molar-refractivity contribution is 6.33. The summed E-state index contributed by atoms with van der Waals surface area (Å²) in [5, 5.41) is 0.514. The van der Waals surface area contributed by atoms with E-state index in [-0.39, 0.29) is 39.7 Å². The highest BCUT2D eigenvalue weighted by Gasteiger charge is 2.15. The number of ether oxygens (including phenoxy) is 3. The van der Waals surface area contributed by atoms with Crippen LogP contribution in [0.3, 0.4) is 0 Å². The van der Waals surface area contributed by atoms with Gasteiger partial charge in [0.1, 0.15) is 23.3 Å². The van der Waals surface area contributed by atoms with E-state index in [0.717, 1.165) is 0 Å². The van der Waals surface area contributed by atoms with E-state index in [1.54, 1.807) is 43.3 Å². The molecule has 8 heteroatoms. The lowest BCUT2D eigenvalue weighted by atomic mass is 10.2. The van der Waals surface area contributed by atoms with Crippen molar-refractivity contribution in [3.8, 4) is 17.2 Å². The molecule has 0 aliphatic heterocycles. The SMILES string of the molecule is CCOC(=O)c1ccc(Oc2coc3cc(OC(=O)c4ccccc4Cl)ccc3c2=O)cc1. The molecule has 0 saturated carbocycles. The Labute approximate surface area is 193 Å². The molecule has 3 aromatic carbocycles. The standard InChI is InChI=1S/C25H17ClO7/c1-2-30-24(28)15-7-9-16(10-8-15)32-22-14-31-21-13-17(11-12-19(21)23(22)27)33-25(29)18-5-3-4-6-20(18)26/h3-14H,2H2,1H3. The van der Waals surface area contributed by atoms with Crippen LogP contribution in [-0.4, -0.2) is 18.5 Å². The van der Waals surface area contributed by atoms with Gasteiger partial charge in [-0.15, -0.1) is 0 Å². The van der Waals surface area contributed by atoms with Crippen LogP contribution in [-0.2, 0) is 4.74 Å². The van der Waals surface area contributed by atoms with Gasteiger partial charge in [0, 0.05) is 6.07 Å². The maximum Gasteiger partial charge on any atom is 0.345 e. The van der Waals surface area contributed by atoms with Gasteiger partial charge in [-0.2, -0.15) is 0 Å². The first kappa shape index (κ1) is 22.1. The van der Waals surface area contributed by atoms with E-state index < -0.39 is 17.4 Å². The van der Waals surface area contributed by atoms with Gasteiger partial charge in [-0.3, -0.25) is 4.79 Å². The van der Waals surface area contributed by atoms with Crippen molar-refractivity contribution in [3.63, 3.8) is 0 Å². The molecule has 7 nitrogen and oxygen atoms in total. The molecule has 33 heavy (non-hydrogen) atoms. The Morgan fingerprint density at radius 1 is 0.939 bits per heavy atom. The minimum atomic E-state index is -0.631. The number of halogens is 1. The summed E-state index contributed by atoms with van der Waals surface area (Å²) in [6.07, 6.45) is 1.17. The van der Waals surface area contributed by atoms with E-state index in [1.165, 1.54) is 36.6 Å². The zero-order chi connectivity index (χ0) is 23.4. The molecular weight excluding hydrogens is 448 g/mol. The molecule has 0 atom stereocenters. The Kier molecular flexibility index (Phi) is 6.42. The van der Waals surface area contributed by atoms with E-state index >= 15 is 0 Å². The summed E-state index contributed by atoms with van der Waals surface area (Å²) in [5.74, 6) is -0.570. The zero-order valence-corrected chi connectivity index (χ0v) is 18.1. The van der Waals surface area contributed by atoms with Gasteiger partial charge in [0.05, 0.1) is 28.1 Å². The molecule has 0 bridgehead atoms. The van der Waals surface area contributed by atoms with Crippen molar-refractivity contribution in [3.05, 3.63) is 99.4 Å². The van der Waals surface area contributed by atoms with Crippen molar-refractivity contribution < 1.29 is 28.2 Å². The first-order valence-corrected chi connectivity index (χ1v) is 10.3. The molecule has 166 valence electrons. The number of esters is 2. The summed E-state index contributed by atoms with van der Waals surface area (Å²) in [6, 6.07) is 17.1. The highest BCUT2D eigenvalue weighted by atomic mass is 35.5. The lowest BCUT2D eigenvalue weighted by molar-refractivity contribution is 0.0526. The number of fused-ring (bicyclic) bond motifs is 1. The average molecular weight is 465 g/mol. The maximum atomic E-state index is 12.8. The third-order valence-electron chi connectivity index (χ3n) is 4.61. The molecule has 0 fully saturated rings. The summed E-state index contributed by atoms with van der Waals surface area (Å²) < 4.78 is 21.4. The van der Waals surface area contributed by atoms with Crippen LogP contribution in [0, 0.1) is 0 Å². The number of rotatable bonds is 6. The second-order valence-electron chi connectivity index (χ2n) is 6.80. The largest absolute Gasteiger partial charge is 0.462 e. The van der Waals surface area contributed by atoms with Crippen LogP contribution in [0.25, 0.3) is 11.0 Å². The molecule has 1 aromatic heterocycles. The zero-order valence-electron chi connectivity index (χ0n) is 17.4. The fraction of sp³-hybridized carbons (Fsp3) is 0.0800. The number of carbonyl (C=O) groups is 2. The lowest BCUT2D eigenvalue weighted by Gasteiger charge is -2.08. The Morgan fingerprint density at radius 2 is 1.67 bits per heavy atom. The van der Waals surface area contributed by atoms with Crippen LogP contribution >= 0.6 is 11.6 Å². The minimum Gasteiger partial charge on any atom is -0.462 e. The molecule has 0 aliphatic carbocycles. The molecule has 4 rings (SSSR count). The van der Waals surface area contributed by atoms with Crippen LogP contribution in [0.2, 0.25) is 5.02 Å². The quantitative estimate of drug-likeness (QED) is 0.269. The van der Waals surface area contributed by atoms with E-state index in [2.05, 4.69) is 0 Å². The Hall–Kier alpha value is -4.10. The molecule has 0 aliphatic rings. The van der Waals surface area contributed by atoms with Crippen LogP contribution in [0.1, 0.15) is 27.6 Å². The predicted octanol–water partition coefficient (Wildman–Crippen LogP) is 5.63. The predicted molar refractivity (Wildman–Crippen MR) is 121 cm³/mol. The molecule has 0 N–H and O–H groups in total. The van der Waals surface area contributed by atoms with Crippen LogP contribution in [0.4, 0.5) is 0 Å². The van der Waals surface area contributed by atoms with Gasteiger partial charge >= 0.3 is 11.9 Å². The number of carbonyl (C=O) groups excluding carboxylic acids is 2. The molecule has 0 saturated heterocycles. The smallest absolute Gasteiger partial charge is 0.345 e. The molecule has 4 aromatic rings. The van der Waals surface area contributed by atoms with Crippen LogP contribution in [0.5, 0.6) is 17.2 Å². The van der Waals surface area contributed by atoms with Gasteiger partial charge in [-0.25, -0.2) is 9.59 Å². The second-order valence-corrected chi connectivity index (χ2v) is 7.21. The Bertz CT molecular complexity index is 1390. The minimum absolute atomic E-state index is 0.0350. The summed E-state index contributed by atoms with van der Waals surface area (Å²) in [5.41, 5.74) is 0.399. The van der Waals surface area contributed by atoms with Crippen molar-refractivity contribution in [2.75, 3.05) is 6.61 Å². The Balaban J connectivity index is 1.53.